The Balaban J connectivity index is 1.79. The summed E-state index contributed by atoms with van der Waals surface area (Å²) in [6.45, 7) is 2.09. The molecule has 0 fully saturated rings. The minimum Gasteiger partial charge on any atom is -0.461 e. The number of aryl methyl sites for hydroxylation is 1. The standard InChI is InChI=1S/C32H28N4O2S/c1-3-38-30(37)28-26-20-19-22-21-33-31(39-2)34-27(22)29(26)36(35-28)32(23-13-7-4-8-14-23,24-15-9-5-10-16-24)25-17-11-6-12-18-25/h4-18,21H,3,19-20H2,1-2H3. The molecule has 5 aromatic rings. The number of thioether (sulfide) groups is 1. The molecule has 7 heteroatoms. The van der Waals surface area contributed by atoms with Crippen LogP contribution in [0.25, 0.3) is 11.4 Å². The molecule has 0 atom stereocenters. The normalized spacial score (nSPS) is 12.5. The summed E-state index contributed by atoms with van der Waals surface area (Å²) >= 11 is 1.50. The zero-order valence-corrected chi connectivity index (χ0v) is 22.7. The first-order valence-electron chi connectivity index (χ1n) is 13.0. The Kier molecular flexibility index (Phi) is 6.75. The molecule has 1 aliphatic carbocycles. The van der Waals surface area contributed by atoms with E-state index < -0.39 is 11.5 Å². The molecule has 0 saturated heterocycles. The minimum absolute atomic E-state index is 0.275. The van der Waals surface area contributed by atoms with Crippen molar-refractivity contribution in [3.05, 3.63) is 131 Å². The van der Waals surface area contributed by atoms with Gasteiger partial charge < -0.3 is 4.74 Å². The maximum atomic E-state index is 13.4. The van der Waals surface area contributed by atoms with Gasteiger partial charge in [0, 0.05) is 11.8 Å². The van der Waals surface area contributed by atoms with Gasteiger partial charge in [0.1, 0.15) is 5.54 Å². The van der Waals surface area contributed by atoms with E-state index in [9.17, 15) is 4.79 Å². The molecule has 1 aliphatic rings. The highest BCUT2D eigenvalue weighted by molar-refractivity contribution is 7.98. The van der Waals surface area contributed by atoms with Gasteiger partial charge in [-0.1, -0.05) is 103 Å². The van der Waals surface area contributed by atoms with Crippen LogP contribution >= 0.6 is 11.8 Å². The van der Waals surface area contributed by atoms with E-state index in [-0.39, 0.29) is 6.61 Å². The number of benzene rings is 3. The second-order valence-electron chi connectivity index (χ2n) is 9.35. The lowest BCUT2D eigenvalue weighted by atomic mass is 9.76. The number of fused-ring (bicyclic) bond motifs is 3. The van der Waals surface area contributed by atoms with Crippen LogP contribution in [0.5, 0.6) is 0 Å². The Bertz CT molecular complexity index is 1520. The zero-order chi connectivity index (χ0) is 26.8. The summed E-state index contributed by atoms with van der Waals surface area (Å²) in [5.41, 5.74) is 6.06. The number of nitrogens with zero attached hydrogens (tertiary/aromatic N) is 4. The number of aromatic nitrogens is 4. The number of rotatable bonds is 7. The van der Waals surface area contributed by atoms with Gasteiger partial charge in [-0.05, 0) is 48.3 Å². The first kappa shape index (κ1) is 25.1. The molecule has 3 aromatic carbocycles. The van der Waals surface area contributed by atoms with Gasteiger partial charge in [0.2, 0.25) is 0 Å². The molecule has 6 rings (SSSR count). The molecule has 0 saturated carbocycles. The van der Waals surface area contributed by atoms with Crippen molar-refractivity contribution >= 4 is 17.7 Å². The van der Waals surface area contributed by atoms with Crippen LogP contribution in [0.4, 0.5) is 0 Å². The Morgan fingerprint density at radius 3 is 1.97 bits per heavy atom. The number of ether oxygens (including phenoxy) is 1. The van der Waals surface area contributed by atoms with Crippen LogP contribution < -0.4 is 0 Å². The van der Waals surface area contributed by atoms with Crippen LogP contribution in [0.3, 0.4) is 0 Å². The molecule has 2 aromatic heterocycles. The van der Waals surface area contributed by atoms with Crippen molar-refractivity contribution in [3.8, 4) is 11.4 Å². The maximum absolute atomic E-state index is 13.4. The summed E-state index contributed by atoms with van der Waals surface area (Å²) in [7, 11) is 0. The summed E-state index contributed by atoms with van der Waals surface area (Å²) in [5.74, 6) is -0.418. The fraction of sp³-hybridized carbons (Fsp3) is 0.188. The van der Waals surface area contributed by atoms with Crippen molar-refractivity contribution in [3.63, 3.8) is 0 Å². The van der Waals surface area contributed by atoms with Crippen LogP contribution in [-0.4, -0.2) is 38.6 Å². The van der Waals surface area contributed by atoms with E-state index in [1.807, 2.05) is 78.7 Å². The quantitative estimate of drug-likeness (QED) is 0.108. The number of carbonyl (C=O) groups is 1. The summed E-state index contributed by atoms with van der Waals surface area (Å²) in [4.78, 5) is 22.9. The van der Waals surface area contributed by atoms with Gasteiger partial charge in [0.05, 0.1) is 18.0 Å². The van der Waals surface area contributed by atoms with Gasteiger partial charge in [0.15, 0.2) is 10.9 Å². The topological polar surface area (TPSA) is 69.9 Å². The molecule has 194 valence electrons. The van der Waals surface area contributed by atoms with Gasteiger partial charge in [-0.2, -0.15) is 5.10 Å². The van der Waals surface area contributed by atoms with Gasteiger partial charge in [-0.25, -0.2) is 19.4 Å². The van der Waals surface area contributed by atoms with Crippen molar-refractivity contribution in [2.75, 3.05) is 12.9 Å². The molecule has 2 heterocycles. The fourth-order valence-electron chi connectivity index (χ4n) is 5.58. The second kappa shape index (κ2) is 10.5. The SMILES string of the molecule is CCOC(=O)c1nn(C(c2ccccc2)(c2ccccc2)c2ccccc2)c2c1CCc1cnc(SC)nc1-2. The van der Waals surface area contributed by atoms with Gasteiger partial charge >= 0.3 is 5.97 Å². The van der Waals surface area contributed by atoms with Crippen LogP contribution in [0, 0.1) is 0 Å². The lowest BCUT2D eigenvalue weighted by molar-refractivity contribution is 0.0516. The van der Waals surface area contributed by atoms with E-state index in [0.29, 0.717) is 17.3 Å². The van der Waals surface area contributed by atoms with Gasteiger partial charge in [-0.15, -0.1) is 0 Å². The molecular formula is C32H28N4O2S. The van der Waals surface area contributed by atoms with Crippen molar-refractivity contribution < 1.29 is 9.53 Å². The largest absolute Gasteiger partial charge is 0.461 e. The zero-order valence-electron chi connectivity index (χ0n) is 21.9. The van der Waals surface area contributed by atoms with Crippen LogP contribution in [0.15, 0.2) is 102 Å². The highest BCUT2D eigenvalue weighted by Gasteiger charge is 2.44. The molecule has 0 bridgehead atoms. The third-order valence-electron chi connectivity index (χ3n) is 7.24. The molecule has 39 heavy (non-hydrogen) atoms. The first-order chi connectivity index (χ1) is 19.2. The number of carbonyl (C=O) groups excluding carboxylic acids is 1. The lowest BCUT2D eigenvalue weighted by Gasteiger charge is -2.38. The number of hydrogen-bond acceptors (Lipinski definition) is 6. The monoisotopic (exact) mass is 532 g/mol. The lowest BCUT2D eigenvalue weighted by Crippen LogP contribution is -2.39. The van der Waals surface area contributed by atoms with E-state index >= 15 is 0 Å². The Morgan fingerprint density at radius 2 is 1.46 bits per heavy atom. The predicted octanol–water partition coefficient (Wildman–Crippen LogP) is 6.18. The van der Waals surface area contributed by atoms with E-state index in [4.69, 9.17) is 14.8 Å². The summed E-state index contributed by atoms with van der Waals surface area (Å²) in [5, 5.41) is 5.82. The van der Waals surface area contributed by atoms with E-state index in [1.165, 1.54) is 11.8 Å². The third kappa shape index (κ3) is 4.14. The van der Waals surface area contributed by atoms with Crippen molar-refractivity contribution in [2.24, 2.45) is 0 Å². The van der Waals surface area contributed by atoms with E-state index in [1.54, 1.807) is 0 Å². The molecule has 0 aliphatic heterocycles. The first-order valence-corrected chi connectivity index (χ1v) is 14.3. The van der Waals surface area contributed by atoms with Crippen LogP contribution in [-0.2, 0) is 23.1 Å². The Labute approximate surface area is 232 Å². The van der Waals surface area contributed by atoms with Crippen molar-refractivity contribution in [1.29, 1.82) is 0 Å². The molecule has 0 N–H and O–H groups in total. The molecule has 6 nitrogen and oxygen atoms in total. The van der Waals surface area contributed by atoms with E-state index in [2.05, 4.69) is 41.4 Å². The molecular weight excluding hydrogens is 504 g/mol. The summed E-state index contributed by atoms with van der Waals surface area (Å²) < 4.78 is 7.54. The molecule has 0 amide bonds. The number of hydrogen-bond donors (Lipinski definition) is 0. The smallest absolute Gasteiger partial charge is 0.359 e. The maximum Gasteiger partial charge on any atom is 0.359 e. The van der Waals surface area contributed by atoms with Gasteiger partial charge in [-0.3, -0.25) is 0 Å². The third-order valence-corrected chi connectivity index (χ3v) is 7.80. The Hall–Kier alpha value is -4.23. The summed E-state index contributed by atoms with van der Waals surface area (Å²) in [6.07, 6.45) is 5.25. The minimum atomic E-state index is -0.891. The van der Waals surface area contributed by atoms with Crippen LogP contribution in [0.2, 0.25) is 0 Å². The highest BCUT2D eigenvalue weighted by atomic mass is 32.2. The molecule has 0 spiro atoms. The van der Waals surface area contributed by atoms with Crippen LogP contribution in [0.1, 0.15) is 45.2 Å². The second-order valence-corrected chi connectivity index (χ2v) is 10.1. The molecule has 0 unspecified atom stereocenters. The van der Waals surface area contributed by atoms with Crippen molar-refractivity contribution in [1.82, 2.24) is 19.7 Å². The fourth-order valence-corrected chi connectivity index (χ4v) is 5.92. The predicted molar refractivity (Wildman–Crippen MR) is 153 cm³/mol. The Morgan fingerprint density at radius 1 is 0.897 bits per heavy atom. The molecule has 0 radical (unpaired) electrons. The number of esters is 1. The van der Waals surface area contributed by atoms with Crippen molar-refractivity contribution in [2.45, 2.75) is 30.5 Å². The van der Waals surface area contributed by atoms with E-state index in [0.717, 1.165) is 45.6 Å². The average Bonchev–Trinajstić information content (AvgIpc) is 3.40. The van der Waals surface area contributed by atoms with Gasteiger partial charge in [0.25, 0.3) is 0 Å². The summed E-state index contributed by atoms with van der Waals surface area (Å²) in [6, 6.07) is 31.0. The average molecular weight is 533 g/mol. The highest BCUT2D eigenvalue weighted by Crippen LogP contribution is 2.46.